The second-order valence-corrected chi connectivity index (χ2v) is 5.55. The number of methoxy groups -OCH3 is 1. The smallest absolute Gasteiger partial charge is 0.344 e. The number of fused-ring (bicyclic) bond motifs is 1. The summed E-state index contributed by atoms with van der Waals surface area (Å²) < 4.78 is 15.6. The molecule has 26 heavy (non-hydrogen) atoms. The molecule has 5 nitrogen and oxygen atoms in total. The molecule has 0 amide bonds. The predicted octanol–water partition coefficient (Wildman–Crippen LogP) is 3.65. The Morgan fingerprint density at radius 3 is 2.31 bits per heavy atom. The van der Waals surface area contributed by atoms with Gasteiger partial charge >= 0.3 is 5.97 Å². The summed E-state index contributed by atoms with van der Waals surface area (Å²) in [5.74, 6) is 0.0800. The zero-order valence-electron chi connectivity index (χ0n) is 14.3. The fraction of sp³-hybridized carbons (Fsp3) is 0.143. The Kier molecular flexibility index (Phi) is 5.49. The number of carbonyl (C=O) groups is 2. The largest absolute Gasteiger partial charge is 0.493 e. The Balaban J connectivity index is 1.58. The van der Waals surface area contributed by atoms with E-state index in [2.05, 4.69) is 0 Å². The number of rotatable bonds is 7. The van der Waals surface area contributed by atoms with Gasteiger partial charge in [0, 0.05) is 5.56 Å². The summed E-state index contributed by atoms with van der Waals surface area (Å²) in [4.78, 5) is 24.3. The van der Waals surface area contributed by atoms with Gasteiger partial charge in [-0.1, -0.05) is 54.6 Å². The second-order valence-electron chi connectivity index (χ2n) is 5.55. The molecule has 5 heteroatoms. The fourth-order valence-electron chi connectivity index (χ4n) is 2.61. The highest BCUT2D eigenvalue weighted by Gasteiger charge is 2.13. The van der Waals surface area contributed by atoms with Crippen LogP contribution in [0.1, 0.15) is 10.4 Å². The van der Waals surface area contributed by atoms with Gasteiger partial charge < -0.3 is 14.2 Å². The molecule has 0 N–H and O–H groups in total. The van der Waals surface area contributed by atoms with Gasteiger partial charge in [0.25, 0.3) is 0 Å². The van der Waals surface area contributed by atoms with Crippen LogP contribution in [0.2, 0.25) is 0 Å². The van der Waals surface area contributed by atoms with E-state index in [1.807, 2.05) is 36.4 Å². The Morgan fingerprint density at radius 1 is 0.808 bits per heavy atom. The molecule has 0 aliphatic heterocycles. The van der Waals surface area contributed by atoms with E-state index in [9.17, 15) is 9.59 Å². The lowest BCUT2D eigenvalue weighted by molar-refractivity contribution is -0.144. The van der Waals surface area contributed by atoms with Crippen LogP contribution in [0.15, 0.2) is 66.7 Å². The lowest BCUT2D eigenvalue weighted by Gasteiger charge is -2.10. The van der Waals surface area contributed by atoms with Crippen LogP contribution < -0.4 is 9.47 Å². The molecule has 3 rings (SSSR count). The summed E-state index contributed by atoms with van der Waals surface area (Å²) in [5.41, 5.74) is 0.529. The molecule has 0 aliphatic carbocycles. The lowest BCUT2D eigenvalue weighted by atomic mass is 10.0. The predicted molar refractivity (Wildman–Crippen MR) is 97.7 cm³/mol. The SMILES string of the molecule is COc1ccccc1OCC(=O)OCC(=O)c1cccc2ccccc12. The number of hydrogen-bond donors (Lipinski definition) is 0. The van der Waals surface area contributed by atoms with Crippen molar-refractivity contribution in [2.24, 2.45) is 0 Å². The van der Waals surface area contributed by atoms with Gasteiger partial charge in [-0.05, 0) is 22.9 Å². The summed E-state index contributed by atoms with van der Waals surface area (Å²) in [7, 11) is 1.52. The van der Waals surface area contributed by atoms with Crippen molar-refractivity contribution in [3.63, 3.8) is 0 Å². The Labute approximate surface area is 151 Å². The molecule has 0 heterocycles. The molecule has 3 aromatic carbocycles. The lowest BCUT2D eigenvalue weighted by Crippen LogP contribution is -2.19. The zero-order valence-corrected chi connectivity index (χ0v) is 14.3. The van der Waals surface area contributed by atoms with E-state index in [1.54, 1.807) is 30.3 Å². The number of hydrogen-bond acceptors (Lipinski definition) is 5. The molecular weight excluding hydrogens is 332 g/mol. The van der Waals surface area contributed by atoms with E-state index in [1.165, 1.54) is 7.11 Å². The van der Waals surface area contributed by atoms with E-state index in [0.717, 1.165) is 10.8 Å². The van der Waals surface area contributed by atoms with E-state index in [-0.39, 0.29) is 19.0 Å². The molecule has 0 aromatic heterocycles. The van der Waals surface area contributed by atoms with Crippen LogP contribution in [0.25, 0.3) is 10.8 Å². The molecule has 0 saturated heterocycles. The Bertz CT molecular complexity index is 927. The third-order valence-corrected chi connectivity index (χ3v) is 3.87. The molecule has 0 radical (unpaired) electrons. The summed E-state index contributed by atoms with van der Waals surface area (Å²) in [6.45, 7) is -0.634. The molecule has 0 bridgehead atoms. The van der Waals surface area contributed by atoms with Gasteiger partial charge in [0.05, 0.1) is 7.11 Å². The van der Waals surface area contributed by atoms with Crippen LogP contribution >= 0.6 is 0 Å². The van der Waals surface area contributed by atoms with Gasteiger partial charge in [-0.25, -0.2) is 4.79 Å². The standard InChI is InChI=1S/C21H18O5/c1-24-19-11-4-5-12-20(19)25-14-21(23)26-13-18(22)17-10-6-8-15-7-2-3-9-16(15)17/h2-12H,13-14H2,1H3. The van der Waals surface area contributed by atoms with E-state index in [4.69, 9.17) is 14.2 Å². The van der Waals surface area contributed by atoms with E-state index < -0.39 is 5.97 Å². The van der Waals surface area contributed by atoms with E-state index >= 15 is 0 Å². The van der Waals surface area contributed by atoms with Crippen molar-refractivity contribution in [2.45, 2.75) is 0 Å². The highest BCUT2D eigenvalue weighted by molar-refractivity contribution is 6.09. The maximum Gasteiger partial charge on any atom is 0.344 e. The third-order valence-electron chi connectivity index (χ3n) is 3.87. The summed E-state index contributed by atoms with van der Waals surface area (Å²) in [5, 5.41) is 1.80. The monoisotopic (exact) mass is 350 g/mol. The zero-order chi connectivity index (χ0) is 18.4. The van der Waals surface area contributed by atoms with Gasteiger partial charge in [-0.3, -0.25) is 4.79 Å². The first-order valence-electron chi connectivity index (χ1n) is 8.11. The number of carbonyl (C=O) groups excluding carboxylic acids is 2. The first kappa shape index (κ1) is 17.5. The normalized spacial score (nSPS) is 10.3. The van der Waals surface area contributed by atoms with Crippen LogP contribution in [-0.2, 0) is 9.53 Å². The van der Waals surface area contributed by atoms with Gasteiger partial charge in [0.1, 0.15) is 0 Å². The van der Waals surface area contributed by atoms with Crippen LogP contribution in [0.3, 0.4) is 0 Å². The van der Waals surface area contributed by atoms with Crippen LogP contribution in [0.5, 0.6) is 11.5 Å². The Morgan fingerprint density at radius 2 is 1.50 bits per heavy atom. The molecule has 3 aromatic rings. The van der Waals surface area contributed by atoms with Crippen LogP contribution in [0.4, 0.5) is 0 Å². The molecule has 132 valence electrons. The topological polar surface area (TPSA) is 61.8 Å². The number of Topliss-reactive ketones (excluding diaryl/α,β-unsaturated/α-hetero) is 1. The average Bonchev–Trinajstić information content (AvgIpc) is 2.70. The van der Waals surface area contributed by atoms with Crippen molar-refractivity contribution in [2.75, 3.05) is 20.3 Å². The highest BCUT2D eigenvalue weighted by Crippen LogP contribution is 2.25. The third kappa shape index (κ3) is 4.00. The summed E-state index contributed by atoms with van der Waals surface area (Å²) in [6.07, 6.45) is 0. The molecule has 0 atom stereocenters. The summed E-state index contributed by atoms with van der Waals surface area (Å²) >= 11 is 0. The minimum atomic E-state index is -0.621. The van der Waals surface area contributed by atoms with Crippen molar-refractivity contribution in [3.8, 4) is 11.5 Å². The molecular formula is C21H18O5. The van der Waals surface area contributed by atoms with Crippen molar-refractivity contribution in [1.82, 2.24) is 0 Å². The molecule has 0 saturated carbocycles. The molecule has 0 fully saturated rings. The minimum Gasteiger partial charge on any atom is -0.493 e. The first-order chi connectivity index (χ1) is 12.7. The summed E-state index contributed by atoms with van der Waals surface area (Å²) in [6, 6.07) is 20.0. The second kappa shape index (κ2) is 8.16. The van der Waals surface area contributed by atoms with E-state index in [0.29, 0.717) is 17.1 Å². The maximum atomic E-state index is 12.4. The minimum absolute atomic E-state index is 0.257. The Hall–Kier alpha value is -3.34. The van der Waals surface area contributed by atoms with Crippen LogP contribution in [-0.4, -0.2) is 32.1 Å². The van der Waals surface area contributed by atoms with Crippen molar-refractivity contribution in [1.29, 1.82) is 0 Å². The molecule has 0 aliphatic rings. The number of benzene rings is 3. The van der Waals surface area contributed by atoms with Gasteiger partial charge in [-0.15, -0.1) is 0 Å². The maximum absolute atomic E-state index is 12.4. The number of ketones is 1. The highest BCUT2D eigenvalue weighted by atomic mass is 16.6. The van der Waals surface area contributed by atoms with Gasteiger partial charge in [0.15, 0.2) is 24.7 Å². The van der Waals surface area contributed by atoms with Crippen molar-refractivity contribution < 1.29 is 23.8 Å². The number of ether oxygens (including phenoxy) is 3. The number of para-hydroxylation sites is 2. The van der Waals surface area contributed by atoms with Gasteiger partial charge in [0.2, 0.25) is 5.78 Å². The van der Waals surface area contributed by atoms with Gasteiger partial charge in [-0.2, -0.15) is 0 Å². The van der Waals surface area contributed by atoms with Crippen molar-refractivity contribution >= 4 is 22.5 Å². The fourth-order valence-corrected chi connectivity index (χ4v) is 2.61. The average molecular weight is 350 g/mol. The van der Waals surface area contributed by atoms with Crippen LogP contribution in [0, 0.1) is 0 Å². The number of esters is 1. The molecule has 0 spiro atoms. The first-order valence-corrected chi connectivity index (χ1v) is 8.11. The molecule has 0 unspecified atom stereocenters. The quantitative estimate of drug-likeness (QED) is 0.481. The van der Waals surface area contributed by atoms with Crippen molar-refractivity contribution in [3.05, 3.63) is 72.3 Å².